The van der Waals surface area contributed by atoms with Crippen LogP contribution in [0, 0.1) is 5.82 Å². The number of nitrogens with zero attached hydrogens (tertiary/aromatic N) is 1. The van der Waals surface area contributed by atoms with Gasteiger partial charge in [-0.25, -0.2) is 4.39 Å². The Hall–Kier alpha value is -0.940. The molecule has 1 atom stereocenters. The third-order valence-corrected chi connectivity index (χ3v) is 3.27. The average Bonchev–Trinajstić information content (AvgIpc) is 2.64. The highest BCUT2D eigenvalue weighted by Gasteiger charge is 2.26. The minimum Gasteiger partial charge on any atom is -0.391 e. The number of aliphatic hydroxyl groups excluding tert-OH is 1. The zero-order valence-corrected chi connectivity index (χ0v) is 10.1. The summed E-state index contributed by atoms with van der Waals surface area (Å²) in [7, 11) is 0. The summed E-state index contributed by atoms with van der Waals surface area (Å²) in [6, 6.07) is 3.97. The third-order valence-electron chi connectivity index (χ3n) is 2.61. The predicted octanol–water partition coefficient (Wildman–Crippen LogP) is 1.79. The first-order valence-corrected chi connectivity index (χ1v) is 5.79. The van der Waals surface area contributed by atoms with E-state index in [-0.39, 0.29) is 11.7 Å². The van der Waals surface area contributed by atoms with E-state index in [9.17, 15) is 14.3 Å². The van der Waals surface area contributed by atoms with Gasteiger partial charge in [-0.2, -0.15) is 0 Å². The minimum atomic E-state index is -0.442. The zero-order valence-electron chi connectivity index (χ0n) is 8.49. The van der Waals surface area contributed by atoms with Gasteiger partial charge in [0.25, 0.3) is 5.91 Å². The number of hydrogen-bond donors (Lipinski definition) is 1. The Labute approximate surface area is 101 Å². The molecule has 1 heterocycles. The van der Waals surface area contributed by atoms with Crippen molar-refractivity contribution in [1.29, 1.82) is 0 Å². The van der Waals surface area contributed by atoms with Crippen LogP contribution in [0.4, 0.5) is 4.39 Å². The van der Waals surface area contributed by atoms with Crippen LogP contribution in [-0.2, 0) is 0 Å². The van der Waals surface area contributed by atoms with Crippen molar-refractivity contribution in [2.24, 2.45) is 0 Å². The maximum Gasteiger partial charge on any atom is 0.255 e. The topological polar surface area (TPSA) is 40.5 Å². The van der Waals surface area contributed by atoms with Gasteiger partial charge in [0.05, 0.1) is 11.7 Å². The van der Waals surface area contributed by atoms with Crippen LogP contribution < -0.4 is 0 Å². The molecule has 16 heavy (non-hydrogen) atoms. The maximum atomic E-state index is 12.9. The van der Waals surface area contributed by atoms with Gasteiger partial charge < -0.3 is 10.0 Å². The van der Waals surface area contributed by atoms with E-state index in [1.54, 1.807) is 4.90 Å². The number of benzene rings is 1. The van der Waals surface area contributed by atoms with E-state index in [0.29, 0.717) is 29.5 Å². The largest absolute Gasteiger partial charge is 0.391 e. The highest BCUT2D eigenvalue weighted by molar-refractivity contribution is 9.10. The van der Waals surface area contributed by atoms with E-state index in [0.717, 1.165) is 0 Å². The van der Waals surface area contributed by atoms with Crippen molar-refractivity contribution >= 4 is 21.8 Å². The summed E-state index contributed by atoms with van der Waals surface area (Å²) in [6.07, 6.45) is 0.160. The molecule has 1 aromatic rings. The Bertz CT molecular complexity index is 424. The zero-order chi connectivity index (χ0) is 11.7. The van der Waals surface area contributed by atoms with Gasteiger partial charge in [-0.3, -0.25) is 4.79 Å². The van der Waals surface area contributed by atoms with Crippen molar-refractivity contribution in [3.8, 4) is 0 Å². The summed E-state index contributed by atoms with van der Waals surface area (Å²) in [4.78, 5) is 13.6. The van der Waals surface area contributed by atoms with Crippen molar-refractivity contribution < 1.29 is 14.3 Å². The van der Waals surface area contributed by atoms with Crippen LogP contribution in [0.2, 0.25) is 0 Å². The Kier molecular flexibility index (Phi) is 3.25. The second kappa shape index (κ2) is 4.51. The molecular formula is C11H11BrFNO2. The first kappa shape index (κ1) is 11.5. The lowest BCUT2D eigenvalue weighted by Gasteiger charge is -2.16. The van der Waals surface area contributed by atoms with Gasteiger partial charge in [0.15, 0.2) is 0 Å². The maximum absolute atomic E-state index is 12.9. The molecule has 0 aliphatic carbocycles. The fourth-order valence-electron chi connectivity index (χ4n) is 1.76. The van der Waals surface area contributed by atoms with Crippen molar-refractivity contribution in [3.05, 3.63) is 34.1 Å². The van der Waals surface area contributed by atoms with E-state index in [1.807, 2.05) is 0 Å². The lowest BCUT2D eigenvalue weighted by Crippen LogP contribution is -2.29. The van der Waals surface area contributed by atoms with Gasteiger partial charge in [0, 0.05) is 17.6 Å². The third kappa shape index (κ3) is 2.25. The number of likely N-dealkylation sites (tertiary alicyclic amines) is 1. The molecule has 0 radical (unpaired) electrons. The molecule has 86 valence electrons. The van der Waals surface area contributed by atoms with Crippen LogP contribution >= 0.6 is 15.9 Å². The van der Waals surface area contributed by atoms with E-state index in [4.69, 9.17) is 0 Å². The molecule has 1 saturated heterocycles. The smallest absolute Gasteiger partial charge is 0.255 e. The number of β-amino-alcohol motifs (C(OH)–C–C–N with tert-alkyl or cyclic N) is 1. The van der Waals surface area contributed by atoms with Crippen molar-refractivity contribution in [1.82, 2.24) is 4.90 Å². The number of aliphatic hydroxyl groups is 1. The van der Waals surface area contributed by atoms with Crippen LogP contribution in [0.15, 0.2) is 22.7 Å². The molecule has 1 aromatic carbocycles. The van der Waals surface area contributed by atoms with E-state index in [2.05, 4.69) is 15.9 Å². The van der Waals surface area contributed by atoms with Crippen molar-refractivity contribution in [2.75, 3.05) is 13.1 Å². The number of carbonyl (C=O) groups excluding carboxylic acids is 1. The molecule has 3 nitrogen and oxygen atoms in total. The Morgan fingerprint density at radius 2 is 2.31 bits per heavy atom. The number of hydrogen-bond acceptors (Lipinski definition) is 2. The highest BCUT2D eigenvalue weighted by Crippen LogP contribution is 2.21. The van der Waals surface area contributed by atoms with Crippen LogP contribution in [0.25, 0.3) is 0 Å². The summed E-state index contributed by atoms with van der Waals surface area (Å²) in [5, 5.41) is 9.34. The molecule has 0 saturated carbocycles. The monoisotopic (exact) mass is 287 g/mol. The van der Waals surface area contributed by atoms with Crippen LogP contribution in [0.5, 0.6) is 0 Å². The first-order chi connectivity index (χ1) is 7.58. The molecule has 1 amide bonds. The van der Waals surface area contributed by atoms with Gasteiger partial charge >= 0.3 is 0 Å². The second-order valence-electron chi connectivity index (χ2n) is 3.82. The Morgan fingerprint density at radius 1 is 1.56 bits per heavy atom. The molecule has 5 heteroatoms. The van der Waals surface area contributed by atoms with Gasteiger partial charge in [-0.1, -0.05) is 0 Å². The van der Waals surface area contributed by atoms with Gasteiger partial charge in [-0.05, 0) is 40.5 Å². The van der Waals surface area contributed by atoms with Crippen LogP contribution in [-0.4, -0.2) is 35.1 Å². The molecule has 2 rings (SSSR count). The summed E-state index contributed by atoms with van der Waals surface area (Å²) >= 11 is 3.16. The minimum absolute atomic E-state index is 0.177. The summed E-state index contributed by atoms with van der Waals surface area (Å²) in [6.45, 7) is 0.895. The van der Waals surface area contributed by atoms with Gasteiger partial charge in [-0.15, -0.1) is 0 Å². The lowest BCUT2D eigenvalue weighted by molar-refractivity contribution is 0.0764. The quantitative estimate of drug-likeness (QED) is 0.856. The molecule has 0 bridgehead atoms. The summed E-state index contributed by atoms with van der Waals surface area (Å²) in [5.41, 5.74) is 0.426. The average molecular weight is 288 g/mol. The molecule has 1 aliphatic heterocycles. The lowest BCUT2D eigenvalue weighted by atomic mass is 10.2. The molecular weight excluding hydrogens is 277 g/mol. The summed E-state index contributed by atoms with van der Waals surface area (Å²) < 4.78 is 13.3. The van der Waals surface area contributed by atoms with Crippen LogP contribution in [0.1, 0.15) is 16.8 Å². The standard InChI is InChI=1S/C11H11BrFNO2/c12-10-5-7(13)1-2-9(10)11(16)14-4-3-8(15)6-14/h1-2,5,8,15H,3-4,6H2. The molecule has 1 N–H and O–H groups in total. The van der Waals surface area contributed by atoms with Crippen LogP contribution in [0.3, 0.4) is 0 Å². The van der Waals surface area contributed by atoms with Crippen molar-refractivity contribution in [2.45, 2.75) is 12.5 Å². The number of halogens is 2. The fraction of sp³-hybridized carbons (Fsp3) is 0.364. The van der Waals surface area contributed by atoms with E-state index in [1.165, 1.54) is 18.2 Å². The molecule has 0 spiro atoms. The van der Waals surface area contributed by atoms with E-state index < -0.39 is 6.10 Å². The number of carbonyl (C=O) groups is 1. The fourth-order valence-corrected chi connectivity index (χ4v) is 2.28. The first-order valence-electron chi connectivity index (χ1n) is 5.00. The molecule has 0 aromatic heterocycles. The SMILES string of the molecule is O=C(c1ccc(F)cc1Br)N1CCC(O)C1. The van der Waals surface area contributed by atoms with Gasteiger partial charge in [0.1, 0.15) is 5.82 Å². The molecule has 1 fully saturated rings. The normalized spacial score (nSPS) is 20.2. The molecule has 1 unspecified atom stereocenters. The highest BCUT2D eigenvalue weighted by atomic mass is 79.9. The predicted molar refractivity (Wildman–Crippen MR) is 60.6 cm³/mol. The van der Waals surface area contributed by atoms with E-state index >= 15 is 0 Å². The molecule has 1 aliphatic rings. The van der Waals surface area contributed by atoms with Crippen molar-refractivity contribution in [3.63, 3.8) is 0 Å². The van der Waals surface area contributed by atoms with Gasteiger partial charge in [0.2, 0.25) is 0 Å². The summed E-state index contributed by atoms with van der Waals surface area (Å²) in [5.74, 6) is -0.562. The Balaban J connectivity index is 2.21. The number of rotatable bonds is 1. The Morgan fingerprint density at radius 3 is 2.88 bits per heavy atom. The number of amides is 1. The second-order valence-corrected chi connectivity index (χ2v) is 4.67.